The van der Waals surface area contributed by atoms with Crippen LogP contribution in [0.2, 0.25) is 0 Å². The quantitative estimate of drug-likeness (QED) is 0.575. The third kappa shape index (κ3) is 5.42. The standard InChI is InChI=1S/C21H25N3O3S/c1-26-19-10-8-18(9-11-19)22-20(28-2)23-12-14-24(15-13-23)21(25)27-16-17-6-4-3-5-7-17/h3-11H,12-16H2,1-2H3/b22-20+. The molecule has 1 amide bonds. The molecule has 0 bridgehead atoms. The Kier molecular flexibility index (Phi) is 7.19. The second-order valence-electron chi connectivity index (χ2n) is 6.31. The van der Waals surface area contributed by atoms with Crippen LogP contribution < -0.4 is 4.74 Å². The van der Waals surface area contributed by atoms with E-state index in [0.29, 0.717) is 19.7 Å². The maximum atomic E-state index is 12.3. The van der Waals surface area contributed by atoms with E-state index in [4.69, 9.17) is 14.5 Å². The lowest BCUT2D eigenvalue weighted by atomic mass is 10.2. The molecule has 0 spiro atoms. The molecule has 0 aromatic heterocycles. The van der Waals surface area contributed by atoms with E-state index in [2.05, 4.69) is 4.90 Å². The van der Waals surface area contributed by atoms with Crippen molar-refractivity contribution in [3.63, 3.8) is 0 Å². The van der Waals surface area contributed by atoms with Crippen molar-refractivity contribution in [2.24, 2.45) is 4.99 Å². The van der Waals surface area contributed by atoms with Gasteiger partial charge in [-0.2, -0.15) is 0 Å². The van der Waals surface area contributed by atoms with Crippen LogP contribution in [0.25, 0.3) is 0 Å². The van der Waals surface area contributed by atoms with E-state index in [9.17, 15) is 4.79 Å². The molecule has 2 aromatic carbocycles. The van der Waals surface area contributed by atoms with Crippen LogP contribution in [0.15, 0.2) is 59.6 Å². The number of ether oxygens (including phenoxy) is 2. The van der Waals surface area contributed by atoms with E-state index >= 15 is 0 Å². The van der Waals surface area contributed by atoms with Crippen LogP contribution in [0.3, 0.4) is 0 Å². The van der Waals surface area contributed by atoms with Gasteiger partial charge in [0.2, 0.25) is 0 Å². The first kappa shape index (κ1) is 20.1. The molecule has 1 fully saturated rings. The molecule has 28 heavy (non-hydrogen) atoms. The summed E-state index contributed by atoms with van der Waals surface area (Å²) in [6.07, 6.45) is 1.75. The summed E-state index contributed by atoms with van der Waals surface area (Å²) in [6.45, 7) is 3.01. The van der Waals surface area contributed by atoms with Crippen molar-refractivity contribution < 1.29 is 14.3 Å². The smallest absolute Gasteiger partial charge is 0.410 e. The highest BCUT2D eigenvalue weighted by Crippen LogP contribution is 2.21. The highest BCUT2D eigenvalue weighted by molar-refractivity contribution is 8.13. The Bertz CT molecular complexity index is 788. The lowest BCUT2D eigenvalue weighted by Crippen LogP contribution is -2.50. The van der Waals surface area contributed by atoms with Gasteiger partial charge in [0, 0.05) is 26.2 Å². The number of rotatable bonds is 4. The molecular formula is C21H25N3O3S. The predicted octanol–water partition coefficient (Wildman–Crippen LogP) is 4.00. The fraction of sp³-hybridized carbons (Fsp3) is 0.333. The summed E-state index contributed by atoms with van der Waals surface area (Å²) < 4.78 is 10.6. The average Bonchev–Trinajstić information content (AvgIpc) is 2.77. The summed E-state index contributed by atoms with van der Waals surface area (Å²) in [5.74, 6) is 0.812. The molecule has 148 valence electrons. The molecule has 3 rings (SSSR count). The van der Waals surface area contributed by atoms with Crippen molar-refractivity contribution in [2.75, 3.05) is 39.5 Å². The van der Waals surface area contributed by atoms with Crippen molar-refractivity contribution in [3.05, 3.63) is 60.2 Å². The van der Waals surface area contributed by atoms with Crippen molar-refractivity contribution in [1.29, 1.82) is 0 Å². The predicted molar refractivity (Wildman–Crippen MR) is 113 cm³/mol. The minimum absolute atomic E-state index is 0.263. The molecule has 0 saturated carbocycles. The van der Waals surface area contributed by atoms with Crippen LogP contribution >= 0.6 is 11.8 Å². The highest BCUT2D eigenvalue weighted by atomic mass is 32.2. The van der Waals surface area contributed by atoms with E-state index < -0.39 is 0 Å². The number of aliphatic imine (C=N–C) groups is 1. The van der Waals surface area contributed by atoms with Crippen molar-refractivity contribution in [1.82, 2.24) is 9.80 Å². The van der Waals surface area contributed by atoms with E-state index in [1.165, 1.54) is 0 Å². The first-order valence-corrected chi connectivity index (χ1v) is 10.4. The van der Waals surface area contributed by atoms with Gasteiger partial charge in [0.1, 0.15) is 12.4 Å². The van der Waals surface area contributed by atoms with Gasteiger partial charge >= 0.3 is 6.09 Å². The lowest BCUT2D eigenvalue weighted by Gasteiger charge is -2.35. The fourth-order valence-corrected chi connectivity index (χ4v) is 3.54. The van der Waals surface area contributed by atoms with Crippen LogP contribution in [0.4, 0.5) is 10.5 Å². The number of thioether (sulfide) groups is 1. The first-order chi connectivity index (χ1) is 13.7. The normalized spacial score (nSPS) is 14.7. The molecule has 1 heterocycles. The maximum absolute atomic E-state index is 12.3. The second-order valence-corrected chi connectivity index (χ2v) is 7.08. The van der Waals surface area contributed by atoms with Gasteiger partial charge in [-0.25, -0.2) is 9.79 Å². The van der Waals surface area contributed by atoms with E-state index in [-0.39, 0.29) is 6.09 Å². The van der Waals surface area contributed by atoms with Gasteiger partial charge in [-0.3, -0.25) is 0 Å². The van der Waals surface area contributed by atoms with Gasteiger partial charge in [-0.1, -0.05) is 42.1 Å². The Morgan fingerprint density at radius 3 is 2.25 bits per heavy atom. The molecule has 1 saturated heterocycles. The molecule has 6 nitrogen and oxygen atoms in total. The Hall–Kier alpha value is -2.67. The summed E-state index contributed by atoms with van der Waals surface area (Å²) in [6, 6.07) is 17.4. The first-order valence-electron chi connectivity index (χ1n) is 9.17. The molecule has 0 radical (unpaired) electrons. The summed E-state index contributed by atoms with van der Waals surface area (Å²) >= 11 is 1.61. The Morgan fingerprint density at radius 2 is 1.64 bits per heavy atom. The number of methoxy groups -OCH3 is 1. The number of carbonyl (C=O) groups is 1. The summed E-state index contributed by atoms with van der Waals surface area (Å²) in [5.41, 5.74) is 1.88. The van der Waals surface area contributed by atoms with Crippen LogP contribution in [0.5, 0.6) is 5.75 Å². The zero-order chi connectivity index (χ0) is 19.8. The molecule has 2 aromatic rings. The van der Waals surface area contributed by atoms with Crippen molar-refractivity contribution >= 4 is 28.7 Å². The van der Waals surface area contributed by atoms with Gasteiger partial charge < -0.3 is 19.3 Å². The number of amidine groups is 1. The average molecular weight is 400 g/mol. The molecule has 1 aliphatic rings. The molecule has 1 aliphatic heterocycles. The Labute approximate surface area is 170 Å². The maximum Gasteiger partial charge on any atom is 0.410 e. The van der Waals surface area contributed by atoms with Gasteiger partial charge in [-0.05, 0) is 36.1 Å². The third-order valence-electron chi connectivity index (χ3n) is 4.49. The second kappa shape index (κ2) is 10.0. The zero-order valence-electron chi connectivity index (χ0n) is 16.2. The Balaban J connectivity index is 1.52. The number of nitrogens with zero attached hydrogens (tertiary/aromatic N) is 3. The number of piperazine rings is 1. The van der Waals surface area contributed by atoms with Crippen molar-refractivity contribution in [3.8, 4) is 5.75 Å². The molecule has 0 N–H and O–H groups in total. The molecule has 0 atom stereocenters. The molecule has 7 heteroatoms. The number of benzene rings is 2. The van der Waals surface area contributed by atoms with Crippen molar-refractivity contribution in [2.45, 2.75) is 6.61 Å². The number of hydrogen-bond acceptors (Lipinski definition) is 5. The van der Waals surface area contributed by atoms with Crippen LogP contribution in [0.1, 0.15) is 5.56 Å². The molecular weight excluding hydrogens is 374 g/mol. The van der Waals surface area contributed by atoms with Gasteiger partial charge in [0.05, 0.1) is 12.8 Å². The SMILES string of the molecule is COc1ccc(/N=C(/SC)N2CCN(C(=O)OCc3ccccc3)CC2)cc1. The van der Waals surface area contributed by atoms with Gasteiger partial charge in [0.25, 0.3) is 0 Å². The van der Waals surface area contributed by atoms with E-state index in [1.807, 2.05) is 60.9 Å². The van der Waals surface area contributed by atoms with Gasteiger partial charge in [0.15, 0.2) is 5.17 Å². The van der Waals surface area contributed by atoms with Gasteiger partial charge in [-0.15, -0.1) is 0 Å². The third-order valence-corrected chi connectivity index (χ3v) is 5.21. The highest BCUT2D eigenvalue weighted by Gasteiger charge is 2.24. The summed E-state index contributed by atoms with van der Waals surface area (Å²) in [5, 5.41) is 0.947. The molecule has 0 aliphatic carbocycles. The minimum atomic E-state index is -0.263. The van der Waals surface area contributed by atoms with E-state index in [1.54, 1.807) is 23.8 Å². The van der Waals surface area contributed by atoms with Crippen LogP contribution in [0, 0.1) is 0 Å². The molecule has 0 unspecified atom stereocenters. The zero-order valence-corrected chi connectivity index (χ0v) is 17.0. The van der Waals surface area contributed by atoms with Crippen LogP contribution in [-0.4, -0.2) is 60.6 Å². The summed E-state index contributed by atoms with van der Waals surface area (Å²) in [7, 11) is 1.65. The number of amides is 1. The summed E-state index contributed by atoms with van der Waals surface area (Å²) in [4.78, 5) is 21.0. The lowest BCUT2D eigenvalue weighted by molar-refractivity contribution is 0.0829. The largest absolute Gasteiger partial charge is 0.497 e. The topological polar surface area (TPSA) is 54.4 Å². The number of hydrogen-bond donors (Lipinski definition) is 0. The fourth-order valence-electron chi connectivity index (χ4n) is 2.90. The number of carbonyl (C=O) groups excluding carboxylic acids is 1. The Morgan fingerprint density at radius 1 is 1.00 bits per heavy atom. The monoisotopic (exact) mass is 399 g/mol. The minimum Gasteiger partial charge on any atom is -0.497 e. The van der Waals surface area contributed by atoms with Crippen LogP contribution in [-0.2, 0) is 11.3 Å². The van der Waals surface area contributed by atoms with E-state index in [0.717, 1.165) is 35.3 Å².